The predicted molar refractivity (Wildman–Crippen MR) is 249 cm³/mol. The molecule has 1 aromatic heterocycles. The zero-order chi connectivity index (χ0) is 39.2. The summed E-state index contributed by atoms with van der Waals surface area (Å²) in [5.41, 5.74) is 12.7. The van der Waals surface area contributed by atoms with Crippen LogP contribution in [0.3, 0.4) is 0 Å². The third-order valence-electron chi connectivity index (χ3n) is 12.8. The molecule has 11 aromatic rings. The minimum absolute atomic E-state index is 0.0951. The van der Waals surface area contributed by atoms with Crippen LogP contribution in [0.5, 0.6) is 0 Å². The third-order valence-corrected chi connectivity index (χ3v) is 12.8. The van der Waals surface area contributed by atoms with Gasteiger partial charge in [-0.05, 0) is 112 Å². The number of nitrogens with zero attached hydrogens (tertiary/aromatic N) is 2. The molecule has 10 aromatic carbocycles. The number of hydrogen-bond acceptors (Lipinski definition) is 2. The quantitative estimate of drug-likeness (QED) is 0.167. The fraction of sp³-hybridized carbons (Fsp3) is 0.0526. The van der Waals surface area contributed by atoms with Crippen LogP contribution in [-0.4, -0.2) is 9.97 Å². The van der Waals surface area contributed by atoms with E-state index in [0.29, 0.717) is 5.82 Å². The van der Waals surface area contributed by atoms with Crippen molar-refractivity contribution in [2.75, 3.05) is 0 Å². The van der Waals surface area contributed by atoms with Gasteiger partial charge in [0.2, 0.25) is 0 Å². The lowest BCUT2D eigenvalue weighted by Gasteiger charge is -2.22. The predicted octanol–water partition coefficient (Wildman–Crippen LogP) is 15.2. The zero-order valence-corrected chi connectivity index (χ0v) is 32.9. The smallest absolute Gasteiger partial charge is 0.160 e. The van der Waals surface area contributed by atoms with E-state index in [1.807, 2.05) is 6.07 Å². The van der Waals surface area contributed by atoms with Crippen molar-refractivity contribution in [2.24, 2.45) is 0 Å². The molecule has 0 spiro atoms. The summed E-state index contributed by atoms with van der Waals surface area (Å²) in [5.74, 6) is 0.710. The standard InChI is InChI=1S/C57H38N2/c1-57(2)50-26-14-25-40(55(50)49-31-38-17-6-7-18-39(38)32-51(49)57)35-27-29-36(30-28-35)52-34-53(59-56(58-52)37-15-4-3-5-16-37)47-33-48-43-21-9-8-19-41(43)42-20-10-12-23-45(42)54(48)46-24-13-11-22-44(46)47/h3-34H,1-2H3. The molecule has 0 aliphatic heterocycles. The lowest BCUT2D eigenvalue weighted by Crippen LogP contribution is -2.14. The first kappa shape index (κ1) is 33.7. The zero-order valence-electron chi connectivity index (χ0n) is 32.9. The first-order valence-corrected chi connectivity index (χ1v) is 20.5. The van der Waals surface area contributed by atoms with Crippen molar-refractivity contribution in [3.63, 3.8) is 0 Å². The van der Waals surface area contributed by atoms with Crippen molar-refractivity contribution < 1.29 is 0 Å². The van der Waals surface area contributed by atoms with Crippen LogP contribution in [0.1, 0.15) is 25.0 Å². The van der Waals surface area contributed by atoms with Gasteiger partial charge in [-0.3, -0.25) is 0 Å². The highest BCUT2D eigenvalue weighted by Crippen LogP contribution is 2.53. The number of fused-ring (bicyclic) bond motifs is 12. The van der Waals surface area contributed by atoms with Gasteiger partial charge >= 0.3 is 0 Å². The lowest BCUT2D eigenvalue weighted by atomic mass is 9.81. The summed E-state index contributed by atoms with van der Waals surface area (Å²) in [6, 6.07) is 70.7. The number of rotatable bonds is 4. The largest absolute Gasteiger partial charge is 0.228 e. The molecular weight excluding hydrogens is 713 g/mol. The summed E-state index contributed by atoms with van der Waals surface area (Å²) < 4.78 is 0. The van der Waals surface area contributed by atoms with Gasteiger partial charge in [-0.2, -0.15) is 0 Å². The van der Waals surface area contributed by atoms with Gasteiger partial charge in [0, 0.05) is 22.1 Å². The van der Waals surface area contributed by atoms with E-state index >= 15 is 0 Å². The Morgan fingerprint density at radius 1 is 0.339 bits per heavy atom. The average molecular weight is 751 g/mol. The van der Waals surface area contributed by atoms with E-state index in [1.54, 1.807) is 0 Å². The Bertz CT molecular complexity index is 3510. The summed E-state index contributed by atoms with van der Waals surface area (Å²) in [5, 5.41) is 12.5. The molecule has 1 aliphatic carbocycles. The van der Waals surface area contributed by atoms with Crippen molar-refractivity contribution in [3.05, 3.63) is 205 Å². The Morgan fingerprint density at radius 3 is 1.63 bits per heavy atom. The molecule has 0 bridgehead atoms. The maximum absolute atomic E-state index is 5.35. The van der Waals surface area contributed by atoms with Crippen LogP contribution in [0.15, 0.2) is 194 Å². The molecule has 12 rings (SSSR count). The van der Waals surface area contributed by atoms with Crippen molar-refractivity contribution in [1.82, 2.24) is 9.97 Å². The van der Waals surface area contributed by atoms with Crippen LogP contribution in [0.2, 0.25) is 0 Å². The minimum atomic E-state index is -0.0951. The van der Waals surface area contributed by atoms with E-state index in [0.717, 1.165) is 28.1 Å². The number of hydrogen-bond donors (Lipinski definition) is 0. The molecular formula is C57H38N2. The minimum Gasteiger partial charge on any atom is -0.228 e. The van der Waals surface area contributed by atoms with E-state index in [4.69, 9.17) is 9.97 Å². The van der Waals surface area contributed by atoms with Gasteiger partial charge in [0.15, 0.2) is 5.82 Å². The van der Waals surface area contributed by atoms with Crippen LogP contribution in [0, 0.1) is 0 Å². The molecule has 2 heteroatoms. The molecule has 0 fully saturated rings. The molecule has 59 heavy (non-hydrogen) atoms. The van der Waals surface area contributed by atoms with E-state index in [1.165, 1.54) is 87.2 Å². The Morgan fingerprint density at radius 2 is 0.898 bits per heavy atom. The normalized spacial score (nSPS) is 13.1. The van der Waals surface area contributed by atoms with Gasteiger partial charge in [-0.15, -0.1) is 0 Å². The number of benzene rings is 10. The van der Waals surface area contributed by atoms with Crippen LogP contribution in [0.25, 0.3) is 110 Å². The van der Waals surface area contributed by atoms with Gasteiger partial charge in [0.25, 0.3) is 0 Å². The molecule has 0 unspecified atom stereocenters. The molecule has 0 radical (unpaired) electrons. The molecule has 0 atom stereocenters. The SMILES string of the molecule is CC1(C)c2cc3ccccc3cc2-c2c(-c3ccc(-c4cc(-c5cc6c7ccccc7c7ccccc7c6c6ccccc56)nc(-c5ccccc5)n4)cc3)cccc21. The van der Waals surface area contributed by atoms with E-state index in [2.05, 4.69) is 202 Å². The highest BCUT2D eigenvalue weighted by atomic mass is 14.9. The molecule has 0 saturated carbocycles. The average Bonchev–Trinajstić information content (AvgIpc) is 3.52. The first-order valence-electron chi connectivity index (χ1n) is 20.5. The Kier molecular flexibility index (Phi) is 7.31. The number of aromatic nitrogens is 2. The molecule has 0 amide bonds. The van der Waals surface area contributed by atoms with Gasteiger partial charge in [0.1, 0.15) is 0 Å². The second-order valence-corrected chi connectivity index (χ2v) is 16.5. The van der Waals surface area contributed by atoms with Crippen molar-refractivity contribution >= 4 is 53.9 Å². The summed E-state index contributed by atoms with van der Waals surface area (Å²) >= 11 is 0. The summed E-state index contributed by atoms with van der Waals surface area (Å²) in [7, 11) is 0. The second kappa shape index (κ2) is 12.8. The van der Waals surface area contributed by atoms with Gasteiger partial charge in [-0.25, -0.2) is 9.97 Å². The van der Waals surface area contributed by atoms with E-state index in [-0.39, 0.29) is 5.41 Å². The second-order valence-electron chi connectivity index (χ2n) is 16.5. The highest BCUT2D eigenvalue weighted by molar-refractivity contribution is 6.33. The third kappa shape index (κ3) is 5.13. The highest BCUT2D eigenvalue weighted by Gasteiger charge is 2.37. The van der Waals surface area contributed by atoms with Crippen LogP contribution in [-0.2, 0) is 5.41 Å². The molecule has 0 saturated heterocycles. The summed E-state index contributed by atoms with van der Waals surface area (Å²) in [6.45, 7) is 4.72. The van der Waals surface area contributed by atoms with Crippen molar-refractivity contribution in [3.8, 4) is 56.2 Å². The van der Waals surface area contributed by atoms with Gasteiger partial charge in [0.05, 0.1) is 11.4 Å². The monoisotopic (exact) mass is 750 g/mol. The first-order chi connectivity index (χ1) is 29.0. The van der Waals surface area contributed by atoms with Gasteiger partial charge in [-0.1, -0.05) is 184 Å². The Labute approximate surface area is 343 Å². The van der Waals surface area contributed by atoms with Crippen molar-refractivity contribution in [2.45, 2.75) is 19.3 Å². The fourth-order valence-corrected chi connectivity index (χ4v) is 9.96. The Balaban J connectivity index is 1.05. The summed E-state index contributed by atoms with van der Waals surface area (Å²) in [4.78, 5) is 10.6. The van der Waals surface area contributed by atoms with Crippen molar-refractivity contribution in [1.29, 1.82) is 0 Å². The summed E-state index contributed by atoms with van der Waals surface area (Å²) in [6.07, 6.45) is 0. The van der Waals surface area contributed by atoms with Crippen LogP contribution >= 0.6 is 0 Å². The molecule has 2 nitrogen and oxygen atoms in total. The molecule has 276 valence electrons. The molecule has 1 heterocycles. The molecule has 0 N–H and O–H groups in total. The maximum Gasteiger partial charge on any atom is 0.160 e. The van der Waals surface area contributed by atoms with E-state index < -0.39 is 0 Å². The van der Waals surface area contributed by atoms with Crippen LogP contribution in [0.4, 0.5) is 0 Å². The maximum atomic E-state index is 5.35. The van der Waals surface area contributed by atoms with E-state index in [9.17, 15) is 0 Å². The van der Waals surface area contributed by atoms with Gasteiger partial charge < -0.3 is 0 Å². The molecule has 1 aliphatic rings. The Hall–Kier alpha value is -7.42. The topological polar surface area (TPSA) is 25.8 Å². The lowest BCUT2D eigenvalue weighted by molar-refractivity contribution is 0.661. The fourth-order valence-electron chi connectivity index (χ4n) is 9.96. The van der Waals surface area contributed by atoms with Crippen LogP contribution < -0.4 is 0 Å².